The van der Waals surface area contributed by atoms with Gasteiger partial charge in [0, 0.05) is 10.4 Å². The first-order chi connectivity index (χ1) is 15.6. The molecule has 2 N–H and O–H groups in total. The predicted octanol–water partition coefficient (Wildman–Crippen LogP) is 4.03. The number of nitrogens with one attached hydrogen (secondary N) is 2. The zero-order valence-electron chi connectivity index (χ0n) is 17.8. The molecule has 1 aromatic heterocycles. The minimum atomic E-state index is -3.93. The van der Waals surface area contributed by atoms with E-state index in [1.54, 1.807) is 19.1 Å². The van der Waals surface area contributed by atoms with E-state index in [2.05, 4.69) is 19.8 Å². The van der Waals surface area contributed by atoms with Crippen molar-refractivity contribution in [2.24, 2.45) is 0 Å². The number of ether oxygens (including phenoxy) is 2. The Morgan fingerprint density at radius 2 is 1.67 bits per heavy atom. The van der Waals surface area contributed by atoms with Crippen LogP contribution in [-0.4, -0.2) is 39.1 Å². The van der Waals surface area contributed by atoms with E-state index in [0.29, 0.717) is 17.0 Å². The van der Waals surface area contributed by atoms with E-state index < -0.39 is 28.6 Å². The van der Waals surface area contributed by atoms with Crippen LogP contribution >= 0.6 is 11.3 Å². The zero-order chi connectivity index (χ0) is 24.2. The van der Waals surface area contributed by atoms with Gasteiger partial charge in [-0.2, -0.15) is 13.5 Å². The number of aromatic nitrogens is 1. The third-order valence-corrected chi connectivity index (χ3v) is 6.92. The van der Waals surface area contributed by atoms with Crippen molar-refractivity contribution in [3.63, 3.8) is 0 Å². The summed E-state index contributed by atoms with van der Waals surface area (Å²) in [5.74, 6) is -0.0629. The highest BCUT2D eigenvalue weighted by molar-refractivity contribution is 7.89. The fourth-order valence-corrected chi connectivity index (χ4v) is 4.88. The van der Waals surface area contributed by atoms with Gasteiger partial charge in [-0.15, -0.1) is 11.3 Å². The normalized spacial score (nSPS) is 12.4. The van der Waals surface area contributed by atoms with Gasteiger partial charge in [-0.25, -0.2) is 13.4 Å². The summed E-state index contributed by atoms with van der Waals surface area (Å²) < 4.78 is 61.4. The summed E-state index contributed by atoms with van der Waals surface area (Å²) >= 11 is 1.20. The molecular formula is C21H21F2N3O5S2. The largest absolute Gasteiger partial charge is 0.497 e. The average molecular weight is 498 g/mol. The molecule has 1 amide bonds. The molecule has 0 aliphatic rings. The second-order valence-corrected chi connectivity index (χ2v) is 9.75. The van der Waals surface area contributed by atoms with Crippen molar-refractivity contribution in [1.82, 2.24) is 9.71 Å². The van der Waals surface area contributed by atoms with Gasteiger partial charge in [0.2, 0.25) is 15.9 Å². The smallest absolute Gasteiger partial charge is 0.387 e. The highest BCUT2D eigenvalue weighted by Gasteiger charge is 2.23. The Balaban J connectivity index is 1.67. The van der Waals surface area contributed by atoms with E-state index in [9.17, 15) is 22.0 Å². The van der Waals surface area contributed by atoms with Crippen molar-refractivity contribution >= 4 is 32.4 Å². The minimum Gasteiger partial charge on any atom is -0.497 e. The van der Waals surface area contributed by atoms with Crippen LogP contribution in [0, 0.1) is 6.92 Å². The van der Waals surface area contributed by atoms with Crippen LogP contribution in [0.4, 0.5) is 13.9 Å². The van der Waals surface area contributed by atoms with Crippen molar-refractivity contribution in [1.29, 1.82) is 0 Å². The third kappa shape index (κ3) is 6.24. The number of alkyl halides is 2. The number of carbonyl (C=O) groups excluding carboxylic acids is 1. The van der Waals surface area contributed by atoms with E-state index in [0.717, 1.165) is 4.88 Å². The van der Waals surface area contributed by atoms with Crippen LogP contribution in [0.2, 0.25) is 0 Å². The highest BCUT2D eigenvalue weighted by Crippen LogP contribution is 2.31. The summed E-state index contributed by atoms with van der Waals surface area (Å²) in [7, 11) is -2.46. The zero-order valence-corrected chi connectivity index (χ0v) is 19.5. The predicted molar refractivity (Wildman–Crippen MR) is 120 cm³/mol. The fourth-order valence-electron chi connectivity index (χ4n) is 2.83. The molecule has 8 nitrogen and oxygen atoms in total. The molecular weight excluding hydrogens is 476 g/mol. The van der Waals surface area contributed by atoms with Gasteiger partial charge in [0.25, 0.3) is 0 Å². The maximum atomic E-state index is 12.5. The van der Waals surface area contributed by atoms with E-state index in [1.807, 2.05) is 0 Å². The SMILES string of the molecule is COc1ccc(S(=O)(=O)N[C@@H](C)C(=O)Nc2nc(-c3ccc(OC(F)F)cc3)c(C)s2)cc1. The number of methoxy groups -OCH3 is 1. The molecule has 0 aliphatic heterocycles. The first-order valence-corrected chi connectivity index (χ1v) is 11.9. The van der Waals surface area contributed by atoms with Crippen molar-refractivity contribution in [2.75, 3.05) is 12.4 Å². The van der Waals surface area contributed by atoms with Gasteiger partial charge in [0.1, 0.15) is 11.5 Å². The number of hydrogen-bond acceptors (Lipinski definition) is 7. The molecule has 0 unspecified atom stereocenters. The Morgan fingerprint density at radius 3 is 2.24 bits per heavy atom. The van der Waals surface area contributed by atoms with Crippen LogP contribution in [0.5, 0.6) is 11.5 Å². The van der Waals surface area contributed by atoms with Gasteiger partial charge in [-0.05, 0) is 62.4 Å². The molecule has 3 rings (SSSR count). The summed E-state index contributed by atoms with van der Waals surface area (Å²) in [6, 6.07) is 10.6. The van der Waals surface area contributed by atoms with Crippen molar-refractivity contribution in [3.8, 4) is 22.8 Å². The van der Waals surface area contributed by atoms with Crippen molar-refractivity contribution in [3.05, 3.63) is 53.4 Å². The monoisotopic (exact) mass is 497 g/mol. The number of carbonyl (C=O) groups is 1. The van der Waals surface area contributed by atoms with E-state index in [4.69, 9.17) is 4.74 Å². The molecule has 1 atom stereocenters. The number of anilines is 1. The summed E-state index contributed by atoms with van der Waals surface area (Å²) in [5.41, 5.74) is 1.21. The molecule has 0 saturated heterocycles. The molecule has 12 heteroatoms. The lowest BCUT2D eigenvalue weighted by molar-refractivity contribution is -0.117. The minimum absolute atomic E-state index is 0.00500. The van der Waals surface area contributed by atoms with Gasteiger partial charge in [-0.1, -0.05) is 0 Å². The number of benzene rings is 2. The standard InChI is InChI=1S/C21H21F2N3O5S2/c1-12(26-33(28,29)17-10-8-15(30-3)9-11-17)19(27)25-21-24-18(13(2)32-21)14-4-6-16(7-5-14)31-20(22)23/h4-12,20,26H,1-3H3,(H,24,25,27)/t12-/m0/s1. The molecule has 0 saturated carbocycles. The van der Waals surface area contributed by atoms with Gasteiger partial charge in [-0.3, -0.25) is 4.79 Å². The molecule has 0 spiro atoms. The average Bonchev–Trinajstić information content (AvgIpc) is 3.13. The molecule has 1 heterocycles. The number of rotatable bonds is 9. The van der Waals surface area contributed by atoms with E-state index >= 15 is 0 Å². The Kier molecular flexibility index (Phi) is 7.61. The maximum absolute atomic E-state index is 12.5. The molecule has 3 aromatic rings. The quantitative estimate of drug-likeness (QED) is 0.462. The second kappa shape index (κ2) is 10.2. The molecule has 0 fully saturated rings. The molecule has 0 radical (unpaired) electrons. The van der Waals surface area contributed by atoms with Gasteiger partial charge in [0.05, 0.1) is 23.7 Å². The van der Waals surface area contributed by atoms with Crippen LogP contribution in [0.25, 0.3) is 11.3 Å². The lowest BCUT2D eigenvalue weighted by Crippen LogP contribution is -2.41. The van der Waals surface area contributed by atoms with Gasteiger partial charge >= 0.3 is 6.61 Å². The number of thiazole rings is 1. The molecule has 0 bridgehead atoms. The number of nitrogens with zero attached hydrogens (tertiary/aromatic N) is 1. The first-order valence-electron chi connectivity index (χ1n) is 9.59. The summed E-state index contributed by atoms with van der Waals surface area (Å²) in [6.07, 6.45) is 0. The van der Waals surface area contributed by atoms with Gasteiger partial charge in [0.15, 0.2) is 5.13 Å². The van der Waals surface area contributed by atoms with Crippen LogP contribution in [0.15, 0.2) is 53.4 Å². The molecule has 0 aliphatic carbocycles. The second-order valence-electron chi connectivity index (χ2n) is 6.83. The molecule has 2 aromatic carbocycles. The van der Waals surface area contributed by atoms with Crippen LogP contribution < -0.4 is 19.5 Å². The summed E-state index contributed by atoms with van der Waals surface area (Å²) in [4.78, 5) is 17.7. The Labute approximate surface area is 193 Å². The number of hydrogen-bond donors (Lipinski definition) is 2. The number of amides is 1. The fraction of sp³-hybridized carbons (Fsp3) is 0.238. The summed E-state index contributed by atoms with van der Waals surface area (Å²) in [6.45, 7) is 0.296. The highest BCUT2D eigenvalue weighted by atomic mass is 32.2. The van der Waals surface area contributed by atoms with Crippen molar-refractivity contribution < 1.29 is 31.5 Å². The Morgan fingerprint density at radius 1 is 1.06 bits per heavy atom. The van der Waals surface area contributed by atoms with Crippen molar-refractivity contribution in [2.45, 2.75) is 31.4 Å². The summed E-state index contributed by atoms with van der Waals surface area (Å²) in [5, 5.41) is 2.87. The number of sulfonamides is 1. The lowest BCUT2D eigenvalue weighted by atomic mass is 10.1. The maximum Gasteiger partial charge on any atom is 0.387 e. The Hall–Kier alpha value is -3.09. The topological polar surface area (TPSA) is 107 Å². The number of aryl methyl sites for hydroxylation is 1. The van der Waals surface area contributed by atoms with E-state index in [1.165, 1.54) is 61.8 Å². The number of halogens is 2. The first kappa shape index (κ1) is 24.6. The Bertz CT molecular complexity index is 1210. The van der Waals surface area contributed by atoms with E-state index in [-0.39, 0.29) is 15.8 Å². The van der Waals surface area contributed by atoms with Gasteiger partial charge < -0.3 is 14.8 Å². The molecule has 176 valence electrons. The van der Waals surface area contributed by atoms with Crippen LogP contribution in [0.1, 0.15) is 11.8 Å². The van der Waals surface area contributed by atoms with Crippen LogP contribution in [-0.2, 0) is 14.8 Å². The third-order valence-electron chi connectivity index (χ3n) is 4.47. The van der Waals surface area contributed by atoms with Crippen LogP contribution in [0.3, 0.4) is 0 Å². The molecule has 33 heavy (non-hydrogen) atoms. The lowest BCUT2D eigenvalue weighted by Gasteiger charge is -2.13.